The van der Waals surface area contributed by atoms with Crippen LogP contribution in [0.4, 0.5) is 0 Å². The van der Waals surface area contributed by atoms with Gasteiger partial charge in [-0.2, -0.15) is 0 Å². The maximum atomic E-state index is 4.08. The molecule has 1 aromatic carbocycles. The number of thiophene rings is 1. The molecule has 0 aliphatic heterocycles. The van der Waals surface area contributed by atoms with Crippen LogP contribution in [0.15, 0.2) is 30.3 Å². The fourth-order valence-electron chi connectivity index (χ4n) is 6.21. The van der Waals surface area contributed by atoms with Crippen LogP contribution in [0.3, 0.4) is 0 Å². The molecular formula is C23H33NSSi. The normalized spacial score (nSPS) is 31.3. The predicted molar refractivity (Wildman–Crippen MR) is 120 cm³/mol. The van der Waals surface area contributed by atoms with Crippen LogP contribution in [-0.2, 0) is 0 Å². The summed E-state index contributed by atoms with van der Waals surface area (Å²) in [7, 11) is -1.58. The Balaban J connectivity index is 1.80. The zero-order valence-corrected chi connectivity index (χ0v) is 19.1. The van der Waals surface area contributed by atoms with Crippen molar-refractivity contribution < 1.29 is 0 Å². The van der Waals surface area contributed by atoms with Crippen molar-refractivity contribution in [2.24, 2.45) is 17.8 Å². The molecule has 1 nitrogen and oxygen atoms in total. The van der Waals surface area contributed by atoms with Crippen molar-refractivity contribution in [1.29, 1.82) is 0 Å². The van der Waals surface area contributed by atoms with E-state index in [0.29, 0.717) is 11.8 Å². The van der Waals surface area contributed by atoms with Crippen molar-refractivity contribution in [2.75, 3.05) is 0 Å². The SMILES string of the molecule is CC1C(C)C([Si](C)(C)NC(C)(C)C)C2C=Cc3sc4ccccc4c3C12. The monoisotopic (exact) mass is 383 g/mol. The van der Waals surface area contributed by atoms with Crippen LogP contribution in [0.25, 0.3) is 16.2 Å². The molecule has 5 atom stereocenters. The van der Waals surface area contributed by atoms with Crippen molar-refractivity contribution in [3.05, 3.63) is 40.8 Å². The van der Waals surface area contributed by atoms with Crippen LogP contribution in [-0.4, -0.2) is 13.8 Å². The molecule has 1 fully saturated rings. The van der Waals surface area contributed by atoms with Gasteiger partial charge in [-0.05, 0) is 73.1 Å². The van der Waals surface area contributed by atoms with Crippen molar-refractivity contribution in [3.63, 3.8) is 0 Å². The van der Waals surface area contributed by atoms with Crippen molar-refractivity contribution in [3.8, 4) is 0 Å². The van der Waals surface area contributed by atoms with Crippen LogP contribution in [0.1, 0.15) is 51.0 Å². The van der Waals surface area contributed by atoms with E-state index in [1.54, 1.807) is 5.56 Å². The molecule has 3 heteroatoms. The van der Waals surface area contributed by atoms with E-state index in [4.69, 9.17) is 0 Å². The molecule has 0 saturated heterocycles. The molecule has 1 heterocycles. The maximum Gasteiger partial charge on any atom is 0.123 e. The Morgan fingerprint density at radius 2 is 1.73 bits per heavy atom. The molecule has 26 heavy (non-hydrogen) atoms. The number of hydrogen-bond acceptors (Lipinski definition) is 2. The summed E-state index contributed by atoms with van der Waals surface area (Å²) in [5.41, 5.74) is 2.63. The van der Waals surface area contributed by atoms with Crippen LogP contribution in [0.2, 0.25) is 18.6 Å². The first kappa shape index (κ1) is 18.5. The number of benzene rings is 1. The minimum atomic E-state index is -1.58. The standard InChI is InChI=1S/C23H33NSSi/c1-14-15(2)22(26(6,7)24-23(3,4)5)17-12-13-19-21(20(14)17)16-10-8-9-11-18(16)25-19/h8-15,17,20,22,24H,1-7H3. The quantitative estimate of drug-likeness (QED) is 0.557. The molecule has 2 aromatic rings. The number of rotatable bonds is 2. The summed E-state index contributed by atoms with van der Waals surface area (Å²) in [6.45, 7) is 17.1. The van der Waals surface area contributed by atoms with E-state index in [2.05, 4.69) is 89.1 Å². The van der Waals surface area contributed by atoms with E-state index in [1.807, 2.05) is 11.3 Å². The lowest BCUT2D eigenvalue weighted by Gasteiger charge is -2.42. The van der Waals surface area contributed by atoms with Gasteiger partial charge in [0.2, 0.25) is 0 Å². The second-order valence-electron chi connectivity index (χ2n) is 10.2. The molecule has 0 radical (unpaired) electrons. The third-order valence-electron chi connectivity index (χ3n) is 6.79. The highest BCUT2D eigenvalue weighted by Gasteiger charge is 2.54. The van der Waals surface area contributed by atoms with Crippen molar-refractivity contribution >= 4 is 35.7 Å². The average molecular weight is 384 g/mol. The van der Waals surface area contributed by atoms with E-state index in [9.17, 15) is 0 Å². The predicted octanol–water partition coefficient (Wildman–Crippen LogP) is 6.88. The minimum Gasteiger partial charge on any atom is -0.332 e. The number of nitrogens with one attached hydrogen (secondary N) is 1. The van der Waals surface area contributed by atoms with E-state index >= 15 is 0 Å². The Kier molecular flexibility index (Phi) is 4.30. The summed E-state index contributed by atoms with van der Waals surface area (Å²) in [5.74, 6) is 2.86. The zero-order valence-electron chi connectivity index (χ0n) is 17.3. The Hall–Kier alpha value is -0.903. The summed E-state index contributed by atoms with van der Waals surface area (Å²) < 4.78 is 1.45. The lowest BCUT2D eigenvalue weighted by molar-refractivity contribution is 0.414. The summed E-state index contributed by atoms with van der Waals surface area (Å²) >= 11 is 1.98. The Morgan fingerprint density at radius 1 is 1.04 bits per heavy atom. The first-order chi connectivity index (χ1) is 12.1. The molecule has 1 aromatic heterocycles. The Morgan fingerprint density at radius 3 is 2.42 bits per heavy atom. The van der Waals surface area contributed by atoms with Gasteiger partial charge in [-0.3, -0.25) is 0 Å². The van der Waals surface area contributed by atoms with Crippen LogP contribution in [0, 0.1) is 17.8 Å². The zero-order chi connectivity index (χ0) is 18.9. The molecule has 2 aliphatic carbocycles. The fraction of sp³-hybridized carbons (Fsp3) is 0.565. The molecule has 5 unspecified atom stereocenters. The molecule has 4 rings (SSSR count). The smallest absolute Gasteiger partial charge is 0.123 e. The van der Waals surface area contributed by atoms with Crippen LogP contribution in [0.5, 0.6) is 0 Å². The number of fused-ring (bicyclic) bond motifs is 5. The van der Waals surface area contributed by atoms with E-state index in [-0.39, 0.29) is 5.54 Å². The van der Waals surface area contributed by atoms with Gasteiger partial charge in [-0.15, -0.1) is 11.3 Å². The molecule has 140 valence electrons. The maximum absolute atomic E-state index is 4.08. The third-order valence-corrected chi connectivity index (χ3v) is 11.9. The molecule has 1 saturated carbocycles. The molecule has 2 aliphatic rings. The van der Waals surface area contributed by atoms with Gasteiger partial charge in [0.25, 0.3) is 0 Å². The Labute approximate surface area is 164 Å². The van der Waals surface area contributed by atoms with Gasteiger partial charge in [0.05, 0.1) is 0 Å². The largest absolute Gasteiger partial charge is 0.332 e. The van der Waals surface area contributed by atoms with Gasteiger partial charge in [0.15, 0.2) is 0 Å². The molecule has 0 amide bonds. The van der Waals surface area contributed by atoms with Crippen molar-refractivity contribution in [2.45, 2.75) is 64.7 Å². The molecule has 0 spiro atoms. The summed E-state index contributed by atoms with van der Waals surface area (Å²) in [5, 5.41) is 1.51. The van der Waals surface area contributed by atoms with E-state index in [0.717, 1.165) is 17.4 Å². The highest BCUT2D eigenvalue weighted by Crippen LogP contribution is 2.61. The van der Waals surface area contributed by atoms with Gasteiger partial charge in [0.1, 0.15) is 8.24 Å². The van der Waals surface area contributed by atoms with E-state index < -0.39 is 8.24 Å². The van der Waals surface area contributed by atoms with Gasteiger partial charge >= 0.3 is 0 Å². The lowest BCUT2D eigenvalue weighted by atomic mass is 9.79. The fourth-order valence-corrected chi connectivity index (χ4v) is 12.4. The number of allylic oxidation sites excluding steroid dienone is 1. The average Bonchev–Trinajstić information content (AvgIpc) is 3.01. The third kappa shape index (κ3) is 2.83. The lowest BCUT2D eigenvalue weighted by Crippen LogP contribution is -2.58. The van der Waals surface area contributed by atoms with Crippen LogP contribution >= 0.6 is 11.3 Å². The first-order valence-electron chi connectivity index (χ1n) is 10.1. The highest BCUT2D eigenvalue weighted by molar-refractivity contribution is 7.20. The first-order valence-corrected chi connectivity index (χ1v) is 14.0. The van der Waals surface area contributed by atoms with Gasteiger partial charge in [-0.25, -0.2) is 0 Å². The number of hydrogen-bond donors (Lipinski definition) is 1. The highest BCUT2D eigenvalue weighted by atomic mass is 32.1. The molecule has 1 N–H and O–H groups in total. The second kappa shape index (κ2) is 6.05. The van der Waals surface area contributed by atoms with Crippen molar-refractivity contribution in [1.82, 2.24) is 4.98 Å². The van der Waals surface area contributed by atoms with Gasteiger partial charge in [0, 0.05) is 15.1 Å². The minimum absolute atomic E-state index is 0.190. The van der Waals surface area contributed by atoms with E-state index in [1.165, 1.54) is 15.0 Å². The second-order valence-corrected chi connectivity index (χ2v) is 15.6. The van der Waals surface area contributed by atoms with Gasteiger partial charge in [-0.1, -0.05) is 51.2 Å². The van der Waals surface area contributed by atoms with Gasteiger partial charge < -0.3 is 4.98 Å². The molecule has 0 bridgehead atoms. The summed E-state index contributed by atoms with van der Waals surface area (Å²) in [4.78, 5) is 5.59. The summed E-state index contributed by atoms with van der Waals surface area (Å²) in [6, 6.07) is 9.03. The van der Waals surface area contributed by atoms with Crippen LogP contribution < -0.4 is 4.98 Å². The topological polar surface area (TPSA) is 12.0 Å². The Bertz CT molecular complexity index is 857. The summed E-state index contributed by atoms with van der Waals surface area (Å²) in [6.07, 6.45) is 5.02. The molecular weight excluding hydrogens is 350 g/mol.